The van der Waals surface area contributed by atoms with Gasteiger partial charge in [0.25, 0.3) is 5.91 Å². The Morgan fingerprint density at radius 2 is 0.914 bits per heavy atom. The van der Waals surface area contributed by atoms with Gasteiger partial charge in [0, 0.05) is 104 Å². The number of nitrogens with zero attached hydrogens (tertiary/aromatic N) is 7. The van der Waals surface area contributed by atoms with Crippen molar-refractivity contribution in [3.63, 3.8) is 0 Å². The second-order valence-electron chi connectivity index (χ2n) is 17.4. The molecule has 3 saturated heterocycles. The summed E-state index contributed by atoms with van der Waals surface area (Å²) in [6, 6.07) is 14.6. The van der Waals surface area contributed by atoms with E-state index >= 15 is 0 Å². The quantitative estimate of drug-likeness (QED) is 0.205. The number of aromatic nitrogens is 3. The van der Waals surface area contributed by atoms with Gasteiger partial charge in [-0.1, -0.05) is 25.6 Å². The van der Waals surface area contributed by atoms with Gasteiger partial charge in [0.1, 0.15) is 35.1 Å². The number of hydrogen-bond acceptors (Lipinski definition) is 20. The molecule has 1 amide bonds. The van der Waals surface area contributed by atoms with Crippen molar-refractivity contribution >= 4 is 77.2 Å². The van der Waals surface area contributed by atoms with Crippen LogP contribution in [-0.4, -0.2) is 118 Å². The number of pyridine rings is 3. The Kier molecular flexibility index (Phi) is 37.7. The normalized spacial score (nSPS) is 23.4. The standard InChI is InChI=1S/3C10H14N2.4C4H5NO4S.CH4.2ClH.2K/c3*1-12-7-3-5-10(12)9-4-2-6-11-8-9;4*1-3-2-4(6)5-10(7,8)9-3;;;;;/h3*2,4,6,8,10H,3,5,7H2,1H3;4*2H,1H3,(H,5,6);1H4;2*1H;;/q;;;;;;;;;;2*+1/p-2. The van der Waals surface area contributed by atoms with Crippen LogP contribution in [0, 0.1) is 0 Å². The molecule has 0 bridgehead atoms. The first-order valence-corrected chi connectivity index (χ1v) is 28.8. The van der Waals surface area contributed by atoms with E-state index in [1.165, 1.54) is 103 Å². The summed E-state index contributed by atoms with van der Waals surface area (Å²) in [6.07, 6.45) is 23.5. The summed E-state index contributed by atoms with van der Waals surface area (Å²) in [5, 5.41) is 31.2. The van der Waals surface area contributed by atoms with Crippen LogP contribution in [0.5, 0.6) is 0 Å². The van der Waals surface area contributed by atoms with Crippen molar-refractivity contribution in [1.82, 2.24) is 24.6 Å². The van der Waals surface area contributed by atoms with Gasteiger partial charge in [-0.25, -0.2) is 4.72 Å². The summed E-state index contributed by atoms with van der Waals surface area (Å²) in [6.45, 7) is 9.31. The largest absolute Gasteiger partial charge is 1.00 e. The van der Waals surface area contributed by atoms with Gasteiger partial charge in [0.05, 0.1) is 27.2 Å². The number of quaternary nitrogens is 2. The van der Waals surface area contributed by atoms with Gasteiger partial charge in [0.2, 0.25) is 0 Å². The molecule has 0 aromatic carbocycles. The van der Waals surface area contributed by atoms with E-state index in [0.29, 0.717) is 18.1 Å². The van der Waals surface area contributed by atoms with E-state index in [-0.39, 0.29) is 158 Å². The van der Waals surface area contributed by atoms with Gasteiger partial charge >= 0.3 is 144 Å². The molecule has 7 aliphatic rings. The van der Waals surface area contributed by atoms with Crippen molar-refractivity contribution in [2.75, 3.05) is 40.8 Å². The first kappa shape index (κ1) is 80.1. The van der Waals surface area contributed by atoms with Crippen LogP contribution >= 0.6 is 12.4 Å². The summed E-state index contributed by atoms with van der Waals surface area (Å²) < 4.78 is 110. The van der Waals surface area contributed by atoms with Crippen molar-refractivity contribution in [2.24, 2.45) is 13.2 Å². The summed E-state index contributed by atoms with van der Waals surface area (Å²) in [5.74, 6) is -2.89. The zero-order chi connectivity index (χ0) is 56.3. The number of amides is 1. The van der Waals surface area contributed by atoms with Gasteiger partial charge in [-0.05, 0) is 96.1 Å². The molecule has 10 rings (SSSR count). The van der Waals surface area contributed by atoms with E-state index in [2.05, 4.69) is 89.1 Å². The number of carbonyl (C=O) groups is 1. The van der Waals surface area contributed by atoms with Crippen LogP contribution in [0.1, 0.15) is 108 Å². The SMILES string of the molecule is C.CC1=CC(=O)NS(=O)(=O)O1.CC1=CC([O-])=NS(=O)(=O)O1.CC1=CC([O-])=NS(=O)(=O)O1.CC1=CC([O-])=NS(=O)(=O)O1.CN1CCCC1c1cccnc1.C[NH+]1CCCC1c1cccnc1.C[NH+]1CCCC1c1cccnc1.Cl.[Cl-].[K+].[K+]. The van der Waals surface area contributed by atoms with E-state index in [0.717, 1.165) is 24.3 Å². The zero-order valence-corrected chi connectivity index (χ0v) is 56.5. The summed E-state index contributed by atoms with van der Waals surface area (Å²) >= 11 is 0. The maximum Gasteiger partial charge on any atom is 1.00 e. The number of nitrogens with one attached hydrogen (secondary N) is 3. The maximum absolute atomic E-state index is 10.5. The Hall–Kier alpha value is -2.98. The minimum Gasteiger partial charge on any atom is -1.00 e. The molecule has 440 valence electrons. The molecular formula is C47H66Cl2K2N10O16S4. The van der Waals surface area contributed by atoms with E-state index in [4.69, 9.17) is 0 Å². The number of rotatable bonds is 3. The van der Waals surface area contributed by atoms with Gasteiger partial charge in [-0.2, -0.15) is 33.7 Å². The van der Waals surface area contributed by atoms with E-state index in [1.54, 1.807) is 14.5 Å². The summed E-state index contributed by atoms with van der Waals surface area (Å²) in [5.41, 5.74) is 4.15. The van der Waals surface area contributed by atoms with Crippen LogP contribution in [0.2, 0.25) is 0 Å². The monoisotopic (exact) mass is 1300 g/mol. The Morgan fingerprint density at radius 1 is 0.568 bits per heavy atom. The van der Waals surface area contributed by atoms with E-state index < -0.39 is 64.8 Å². The second kappa shape index (κ2) is 38.1. The number of hydrogen-bond donors (Lipinski definition) is 3. The Labute approximate surface area is 573 Å². The third-order valence-corrected chi connectivity index (χ3v) is 14.7. The van der Waals surface area contributed by atoms with Crippen LogP contribution in [0.3, 0.4) is 0 Å². The van der Waals surface area contributed by atoms with Crippen molar-refractivity contribution < 1.29 is 195 Å². The third kappa shape index (κ3) is 30.6. The molecule has 81 heavy (non-hydrogen) atoms. The fraction of sp³-hybridized carbons (Fsp3) is 0.426. The molecule has 0 saturated carbocycles. The Bertz CT molecular complexity index is 2860. The van der Waals surface area contributed by atoms with Crippen molar-refractivity contribution in [1.29, 1.82) is 0 Å². The molecule has 34 heteroatoms. The molecule has 5 unspecified atom stereocenters. The van der Waals surface area contributed by atoms with Crippen molar-refractivity contribution in [3.05, 3.63) is 138 Å². The molecule has 7 aliphatic heterocycles. The number of carbonyl (C=O) groups excluding carboxylic acids is 1. The summed E-state index contributed by atoms with van der Waals surface area (Å²) in [7, 11) is -9.05. The molecule has 0 aliphatic carbocycles. The number of likely N-dealkylation sites (tertiary alicyclic amines) is 3. The molecule has 26 nitrogen and oxygen atoms in total. The first-order valence-electron chi connectivity index (χ1n) is 23.3. The Balaban J connectivity index is 0. The van der Waals surface area contributed by atoms with Gasteiger partial charge in [-0.3, -0.25) is 24.6 Å². The van der Waals surface area contributed by atoms with Crippen molar-refractivity contribution in [2.45, 2.75) is 91.8 Å². The van der Waals surface area contributed by atoms with Gasteiger partial charge < -0.3 is 54.3 Å². The third-order valence-electron chi connectivity index (χ3n) is 11.2. The number of allylic oxidation sites excluding steroid dienone is 4. The minimum absolute atomic E-state index is 0. The van der Waals surface area contributed by atoms with Gasteiger partial charge in [-0.15, -0.1) is 25.6 Å². The van der Waals surface area contributed by atoms with Crippen LogP contribution in [-0.2, 0) is 62.7 Å². The van der Waals surface area contributed by atoms with Crippen LogP contribution in [0.25, 0.3) is 0 Å². The second-order valence-corrected chi connectivity index (χ2v) is 22.3. The van der Waals surface area contributed by atoms with Gasteiger partial charge in [0.15, 0.2) is 0 Å². The Morgan fingerprint density at radius 3 is 1.16 bits per heavy atom. The molecule has 5 atom stereocenters. The summed E-state index contributed by atoms with van der Waals surface area (Å²) in [4.78, 5) is 28.5. The van der Waals surface area contributed by atoms with Crippen molar-refractivity contribution in [3.8, 4) is 0 Å². The molecule has 0 radical (unpaired) electrons. The molecule has 3 aromatic rings. The fourth-order valence-electron chi connectivity index (χ4n) is 8.10. The average Bonchev–Trinajstić information content (AvgIpc) is 4.06. The minimum atomic E-state index is -3.97. The van der Waals surface area contributed by atoms with E-state index in [1.807, 2.05) is 55.4 Å². The first-order chi connectivity index (χ1) is 35.6. The predicted octanol–water partition coefficient (Wildman–Crippen LogP) is -9.17. The molecule has 10 heterocycles. The molecule has 3 aromatic heterocycles. The molecule has 3 fully saturated rings. The zero-order valence-electron chi connectivity index (χ0n) is 45.4. The predicted molar refractivity (Wildman–Crippen MR) is 284 cm³/mol. The van der Waals surface area contributed by atoms with Crippen LogP contribution in [0.4, 0.5) is 0 Å². The molecular weight excluding hydrogens is 1240 g/mol. The number of halogens is 2. The fourth-order valence-corrected chi connectivity index (χ4v) is 10.9. The van der Waals surface area contributed by atoms with Crippen LogP contribution < -0.4 is 145 Å². The molecule has 0 spiro atoms. The van der Waals surface area contributed by atoms with Crippen LogP contribution in [0.15, 0.2) is 134 Å². The molecule has 3 N–H and O–H groups in total. The smallest absolute Gasteiger partial charge is 1.00 e. The van der Waals surface area contributed by atoms with E-state index in [9.17, 15) is 53.8 Å². The maximum atomic E-state index is 10.5. The topological polar surface area (TPSA) is 360 Å². The average molecular weight is 1300 g/mol.